The van der Waals surface area contributed by atoms with Gasteiger partial charge in [0.2, 0.25) is 0 Å². The average molecular weight is 310 g/mol. The van der Waals surface area contributed by atoms with E-state index in [1.54, 1.807) is 0 Å². The fraction of sp³-hybridized carbons (Fsp3) is 0.167. The largest absolute Gasteiger partial charge is 0.0763 e. The molecule has 0 heterocycles. The van der Waals surface area contributed by atoms with Crippen LogP contribution < -0.4 is 0 Å². The molecule has 0 N–H and O–H groups in total. The molecule has 0 aliphatic heterocycles. The van der Waals surface area contributed by atoms with Crippen LogP contribution in [-0.2, 0) is 0 Å². The van der Waals surface area contributed by atoms with Gasteiger partial charge in [-0.3, -0.25) is 0 Å². The molecule has 1 aliphatic rings. The molecule has 4 rings (SSSR count). The SMILES string of the molecule is CC1=CC(c2cc(-c3cccc(C)c3)c3ccccc3c2)=CCC1. The standard InChI is InChI=1S/C24H22/c1-17-7-5-10-19(13-17)22-15-21-9-3-4-12-23(21)24(16-22)20-11-6-8-18(2)14-20/h3-4,6,8-16H,5,7H2,1-2H3. The lowest BCUT2D eigenvalue weighted by Crippen LogP contribution is -1.92. The molecule has 0 spiro atoms. The van der Waals surface area contributed by atoms with Crippen molar-refractivity contribution in [2.24, 2.45) is 0 Å². The number of allylic oxidation sites excluding steroid dienone is 4. The van der Waals surface area contributed by atoms with Gasteiger partial charge in [0.05, 0.1) is 0 Å². The van der Waals surface area contributed by atoms with Crippen molar-refractivity contribution in [1.29, 1.82) is 0 Å². The Labute approximate surface area is 144 Å². The maximum Gasteiger partial charge on any atom is -0.00991 e. The first kappa shape index (κ1) is 15.0. The Bertz CT molecular complexity index is 970. The van der Waals surface area contributed by atoms with Crippen LogP contribution in [0.5, 0.6) is 0 Å². The van der Waals surface area contributed by atoms with E-state index in [4.69, 9.17) is 0 Å². The van der Waals surface area contributed by atoms with Crippen LogP contribution in [0.3, 0.4) is 0 Å². The lowest BCUT2D eigenvalue weighted by molar-refractivity contribution is 0.966. The smallest absolute Gasteiger partial charge is 0.00991 e. The van der Waals surface area contributed by atoms with E-state index in [1.165, 1.54) is 50.6 Å². The van der Waals surface area contributed by atoms with Gasteiger partial charge in [-0.1, -0.05) is 71.8 Å². The third-order valence-electron chi connectivity index (χ3n) is 4.83. The molecule has 1 aliphatic carbocycles. The molecule has 0 nitrogen and oxygen atoms in total. The van der Waals surface area contributed by atoms with E-state index in [0.29, 0.717) is 0 Å². The molecule has 0 fully saturated rings. The molecular formula is C24H22. The van der Waals surface area contributed by atoms with E-state index >= 15 is 0 Å². The van der Waals surface area contributed by atoms with Gasteiger partial charge in [-0.25, -0.2) is 0 Å². The summed E-state index contributed by atoms with van der Waals surface area (Å²) in [5, 5.41) is 2.63. The minimum absolute atomic E-state index is 1.14. The van der Waals surface area contributed by atoms with Gasteiger partial charge < -0.3 is 0 Å². The molecule has 3 aromatic carbocycles. The first-order valence-corrected chi connectivity index (χ1v) is 8.68. The Morgan fingerprint density at radius 2 is 1.67 bits per heavy atom. The highest BCUT2D eigenvalue weighted by Gasteiger charge is 2.10. The second kappa shape index (κ2) is 6.13. The van der Waals surface area contributed by atoms with E-state index in [2.05, 4.69) is 86.7 Å². The Kier molecular flexibility index (Phi) is 3.82. The number of benzene rings is 3. The van der Waals surface area contributed by atoms with E-state index < -0.39 is 0 Å². The van der Waals surface area contributed by atoms with Gasteiger partial charge in [0.25, 0.3) is 0 Å². The summed E-state index contributed by atoms with van der Waals surface area (Å²) in [5.41, 5.74) is 8.07. The molecule has 3 aromatic rings. The monoisotopic (exact) mass is 310 g/mol. The molecule has 0 aromatic heterocycles. The first-order chi connectivity index (χ1) is 11.7. The Morgan fingerprint density at radius 1 is 0.792 bits per heavy atom. The third-order valence-corrected chi connectivity index (χ3v) is 4.83. The molecule has 118 valence electrons. The van der Waals surface area contributed by atoms with Crippen molar-refractivity contribution in [3.05, 3.63) is 89.5 Å². The second-order valence-corrected chi connectivity index (χ2v) is 6.80. The van der Waals surface area contributed by atoms with Crippen molar-refractivity contribution in [2.45, 2.75) is 26.7 Å². The summed E-state index contributed by atoms with van der Waals surface area (Å²) in [6.45, 7) is 4.39. The highest BCUT2D eigenvalue weighted by Crippen LogP contribution is 2.34. The number of rotatable bonds is 2. The summed E-state index contributed by atoms with van der Waals surface area (Å²) in [6.07, 6.45) is 7.04. The van der Waals surface area contributed by atoms with Gasteiger partial charge in [0.1, 0.15) is 0 Å². The second-order valence-electron chi connectivity index (χ2n) is 6.80. The topological polar surface area (TPSA) is 0 Å². The fourth-order valence-corrected chi connectivity index (χ4v) is 3.58. The van der Waals surface area contributed by atoms with Crippen LogP contribution in [0.15, 0.2) is 78.4 Å². The van der Waals surface area contributed by atoms with Gasteiger partial charge >= 0.3 is 0 Å². The lowest BCUT2D eigenvalue weighted by Gasteiger charge is -2.15. The highest BCUT2D eigenvalue weighted by atomic mass is 14.1. The summed E-state index contributed by atoms with van der Waals surface area (Å²) in [6, 6.07) is 22.2. The number of aryl methyl sites for hydroxylation is 1. The van der Waals surface area contributed by atoms with Crippen LogP contribution in [0.25, 0.3) is 27.5 Å². The van der Waals surface area contributed by atoms with Crippen LogP contribution in [0.2, 0.25) is 0 Å². The Hall–Kier alpha value is -2.60. The molecule has 0 atom stereocenters. The number of hydrogen-bond acceptors (Lipinski definition) is 0. The molecule has 0 radical (unpaired) electrons. The van der Waals surface area contributed by atoms with Gasteiger partial charge in [-0.05, 0) is 71.9 Å². The van der Waals surface area contributed by atoms with E-state index in [0.717, 1.165) is 6.42 Å². The molecule has 0 saturated heterocycles. The van der Waals surface area contributed by atoms with Gasteiger partial charge in [0, 0.05) is 0 Å². The van der Waals surface area contributed by atoms with Crippen LogP contribution in [0.1, 0.15) is 30.9 Å². The van der Waals surface area contributed by atoms with E-state index in [9.17, 15) is 0 Å². The van der Waals surface area contributed by atoms with Crippen molar-refractivity contribution < 1.29 is 0 Å². The summed E-state index contributed by atoms with van der Waals surface area (Å²) >= 11 is 0. The molecule has 0 heteroatoms. The Balaban J connectivity index is 1.97. The normalized spacial score (nSPS) is 14.4. The zero-order chi connectivity index (χ0) is 16.5. The minimum Gasteiger partial charge on any atom is -0.0763 e. The van der Waals surface area contributed by atoms with E-state index in [-0.39, 0.29) is 0 Å². The summed E-state index contributed by atoms with van der Waals surface area (Å²) in [4.78, 5) is 0. The third kappa shape index (κ3) is 2.80. The molecule has 24 heavy (non-hydrogen) atoms. The van der Waals surface area contributed by atoms with Crippen LogP contribution in [0, 0.1) is 6.92 Å². The quantitative estimate of drug-likeness (QED) is 0.481. The minimum atomic E-state index is 1.14. The van der Waals surface area contributed by atoms with Crippen molar-refractivity contribution in [3.63, 3.8) is 0 Å². The number of fused-ring (bicyclic) bond motifs is 1. The summed E-state index contributed by atoms with van der Waals surface area (Å²) in [7, 11) is 0. The summed E-state index contributed by atoms with van der Waals surface area (Å²) in [5.74, 6) is 0. The summed E-state index contributed by atoms with van der Waals surface area (Å²) < 4.78 is 0. The van der Waals surface area contributed by atoms with Crippen molar-refractivity contribution in [1.82, 2.24) is 0 Å². The van der Waals surface area contributed by atoms with E-state index in [1.807, 2.05) is 0 Å². The highest BCUT2D eigenvalue weighted by molar-refractivity contribution is 5.99. The zero-order valence-corrected chi connectivity index (χ0v) is 14.3. The maximum absolute atomic E-state index is 2.37. The predicted molar refractivity (Wildman–Crippen MR) is 105 cm³/mol. The van der Waals surface area contributed by atoms with Crippen molar-refractivity contribution in [3.8, 4) is 11.1 Å². The molecule has 0 bridgehead atoms. The van der Waals surface area contributed by atoms with Gasteiger partial charge in [0.15, 0.2) is 0 Å². The van der Waals surface area contributed by atoms with Crippen LogP contribution in [-0.4, -0.2) is 0 Å². The van der Waals surface area contributed by atoms with Crippen molar-refractivity contribution in [2.75, 3.05) is 0 Å². The maximum atomic E-state index is 2.37. The fourth-order valence-electron chi connectivity index (χ4n) is 3.58. The number of hydrogen-bond donors (Lipinski definition) is 0. The molecular weight excluding hydrogens is 288 g/mol. The lowest BCUT2D eigenvalue weighted by atomic mass is 9.89. The van der Waals surface area contributed by atoms with Crippen molar-refractivity contribution >= 4 is 16.3 Å². The zero-order valence-electron chi connectivity index (χ0n) is 14.3. The van der Waals surface area contributed by atoms with Gasteiger partial charge in [-0.2, -0.15) is 0 Å². The average Bonchev–Trinajstić information content (AvgIpc) is 2.61. The van der Waals surface area contributed by atoms with Crippen LogP contribution in [0.4, 0.5) is 0 Å². The van der Waals surface area contributed by atoms with Gasteiger partial charge in [-0.15, -0.1) is 0 Å². The first-order valence-electron chi connectivity index (χ1n) is 8.68. The predicted octanol–water partition coefficient (Wildman–Crippen LogP) is 6.94. The van der Waals surface area contributed by atoms with Crippen LogP contribution >= 0.6 is 0 Å². The molecule has 0 amide bonds. The Morgan fingerprint density at radius 3 is 2.50 bits per heavy atom. The molecule has 0 unspecified atom stereocenters. The molecule has 0 saturated carbocycles.